The fraction of sp³-hybridized carbons (Fsp3) is 0.364. The van der Waals surface area contributed by atoms with Gasteiger partial charge in [-0.15, -0.1) is 0 Å². The summed E-state index contributed by atoms with van der Waals surface area (Å²) < 4.78 is 37.5. The normalized spacial score (nSPS) is 15.0. The zero-order valence-electron chi connectivity index (χ0n) is 17.3. The third kappa shape index (κ3) is 4.77. The number of esters is 1. The maximum Gasteiger partial charge on any atom is 0.338 e. The highest BCUT2D eigenvalue weighted by Crippen LogP contribution is 2.21. The van der Waals surface area contributed by atoms with Crippen LogP contribution in [0.5, 0.6) is 0 Å². The molecule has 0 radical (unpaired) electrons. The van der Waals surface area contributed by atoms with E-state index in [9.17, 15) is 18.0 Å². The van der Waals surface area contributed by atoms with E-state index in [-0.39, 0.29) is 29.3 Å². The number of ketones is 1. The van der Waals surface area contributed by atoms with E-state index >= 15 is 0 Å². The highest BCUT2D eigenvalue weighted by atomic mass is 32.2. The Morgan fingerprint density at radius 2 is 1.60 bits per heavy atom. The van der Waals surface area contributed by atoms with Crippen LogP contribution in [0.4, 0.5) is 0 Å². The molecule has 0 saturated carbocycles. The van der Waals surface area contributed by atoms with Crippen LogP contribution >= 0.6 is 0 Å². The summed E-state index contributed by atoms with van der Waals surface area (Å²) in [5, 5.41) is 0. The molecular weight excluding hydrogens is 406 g/mol. The number of carbonyl (C=O) groups is 2. The molecule has 0 spiro atoms. The van der Waals surface area contributed by atoms with Gasteiger partial charge in [-0.3, -0.25) is 4.79 Å². The first-order valence-corrected chi connectivity index (χ1v) is 11.1. The van der Waals surface area contributed by atoms with Gasteiger partial charge in [0.25, 0.3) is 0 Å². The summed E-state index contributed by atoms with van der Waals surface area (Å²) in [4.78, 5) is 25.1. The maximum atomic E-state index is 12.9. The molecule has 0 bridgehead atoms. The summed E-state index contributed by atoms with van der Waals surface area (Å²) in [7, 11) is -3.74. The lowest BCUT2D eigenvalue weighted by molar-refractivity contribution is 0.0473. The van der Waals surface area contributed by atoms with Gasteiger partial charge in [-0.1, -0.05) is 23.8 Å². The molecule has 2 aromatic rings. The van der Waals surface area contributed by atoms with Crippen LogP contribution in [0.1, 0.15) is 37.4 Å². The lowest BCUT2D eigenvalue weighted by Gasteiger charge is -2.26. The van der Waals surface area contributed by atoms with Crippen LogP contribution in [-0.2, 0) is 19.5 Å². The van der Waals surface area contributed by atoms with Crippen molar-refractivity contribution in [3.63, 3.8) is 0 Å². The van der Waals surface area contributed by atoms with Gasteiger partial charge in [-0.2, -0.15) is 4.31 Å². The van der Waals surface area contributed by atoms with Crippen LogP contribution in [0.3, 0.4) is 0 Å². The standard InChI is InChI=1S/C22H25NO6S/c1-15-4-5-16(2)19(12-15)21(24)14-29-22(25)20-13-18(7-6-17(20)3)30(26,27)23-8-10-28-11-9-23/h4-7,12-13H,8-11,14H2,1-3H3. The van der Waals surface area contributed by atoms with E-state index in [0.29, 0.717) is 24.3 Å². The van der Waals surface area contributed by atoms with Crippen molar-refractivity contribution in [1.82, 2.24) is 4.31 Å². The Kier molecular flexibility index (Phi) is 6.70. The first-order chi connectivity index (χ1) is 14.2. The molecule has 30 heavy (non-hydrogen) atoms. The average molecular weight is 432 g/mol. The zero-order valence-corrected chi connectivity index (χ0v) is 18.1. The second-order valence-electron chi connectivity index (χ2n) is 7.31. The van der Waals surface area contributed by atoms with E-state index < -0.39 is 22.6 Å². The van der Waals surface area contributed by atoms with E-state index in [1.54, 1.807) is 19.1 Å². The molecule has 2 aromatic carbocycles. The van der Waals surface area contributed by atoms with Gasteiger partial charge in [0.15, 0.2) is 6.61 Å². The van der Waals surface area contributed by atoms with Gasteiger partial charge in [-0.05, 0) is 50.1 Å². The molecule has 0 aromatic heterocycles. The number of sulfonamides is 1. The Bertz CT molecular complexity index is 1070. The SMILES string of the molecule is Cc1ccc(C)c(C(=O)COC(=O)c2cc(S(=O)(=O)N3CCOCC3)ccc2C)c1. The quantitative estimate of drug-likeness (QED) is 0.516. The van der Waals surface area contributed by atoms with Crippen LogP contribution in [0.2, 0.25) is 0 Å². The van der Waals surface area contributed by atoms with Crippen molar-refractivity contribution in [3.8, 4) is 0 Å². The largest absolute Gasteiger partial charge is 0.454 e. The number of carbonyl (C=O) groups excluding carboxylic acids is 2. The number of benzene rings is 2. The number of aryl methyl sites for hydroxylation is 3. The number of hydrogen-bond acceptors (Lipinski definition) is 6. The first kappa shape index (κ1) is 22.1. The second-order valence-corrected chi connectivity index (χ2v) is 9.25. The second kappa shape index (κ2) is 9.07. The highest BCUT2D eigenvalue weighted by Gasteiger charge is 2.27. The van der Waals surface area contributed by atoms with Gasteiger partial charge in [-0.25, -0.2) is 13.2 Å². The summed E-state index contributed by atoms with van der Waals surface area (Å²) in [6, 6.07) is 9.85. The molecule has 0 amide bonds. The van der Waals surface area contributed by atoms with E-state index in [1.165, 1.54) is 16.4 Å². The summed E-state index contributed by atoms with van der Waals surface area (Å²) in [5.74, 6) is -1.04. The Hall–Kier alpha value is -2.55. The van der Waals surface area contributed by atoms with Crippen molar-refractivity contribution in [1.29, 1.82) is 0 Å². The van der Waals surface area contributed by atoms with Crippen LogP contribution in [0, 0.1) is 20.8 Å². The number of morpholine rings is 1. The number of rotatable bonds is 6. The molecule has 1 heterocycles. The predicted octanol–water partition coefficient (Wildman–Crippen LogP) is 2.67. The van der Waals surface area contributed by atoms with Crippen molar-refractivity contribution in [2.24, 2.45) is 0 Å². The third-order valence-corrected chi connectivity index (χ3v) is 6.96. The van der Waals surface area contributed by atoms with Crippen LogP contribution in [0.25, 0.3) is 0 Å². The van der Waals surface area contributed by atoms with Gasteiger partial charge in [0.1, 0.15) is 0 Å². The molecule has 8 heteroatoms. The van der Waals surface area contributed by atoms with E-state index in [2.05, 4.69) is 0 Å². The molecule has 1 aliphatic rings. The van der Waals surface area contributed by atoms with Gasteiger partial charge < -0.3 is 9.47 Å². The summed E-state index contributed by atoms with van der Waals surface area (Å²) in [6.45, 7) is 6.17. The smallest absolute Gasteiger partial charge is 0.338 e. The lowest BCUT2D eigenvalue weighted by atomic mass is 10.0. The number of ether oxygens (including phenoxy) is 2. The first-order valence-electron chi connectivity index (χ1n) is 9.66. The summed E-state index contributed by atoms with van der Waals surface area (Å²) >= 11 is 0. The minimum atomic E-state index is -3.74. The Labute approximate surface area is 176 Å². The summed E-state index contributed by atoms with van der Waals surface area (Å²) in [6.07, 6.45) is 0. The van der Waals surface area contributed by atoms with Crippen LogP contribution in [0.15, 0.2) is 41.3 Å². The zero-order chi connectivity index (χ0) is 21.9. The monoisotopic (exact) mass is 431 g/mol. The van der Waals surface area contributed by atoms with Crippen molar-refractivity contribution in [3.05, 3.63) is 64.2 Å². The molecule has 160 valence electrons. The fourth-order valence-electron chi connectivity index (χ4n) is 3.24. The molecule has 0 N–H and O–H groups in total. The molecule has 7 nitrogen and oxygen atoms in total. The third-order valence-electron chi connectivity index (χ3n) is 5.06. The molecule has 1 fully saturated rings. The van der Waals surface area contributed by atoms with Crippen molar-refractivity contribution < 1.29 is 27.5 Å². The molecule has 1 saturated heterocycles. The van der Waals surface area contributed by atoms with Gasteiger partial charge in [0, 0.05) is 18.7 Å². The van der Waals surface area contributed by atoms with E-state index in [0.717, 1.165) is 11.1 Å². The van der Waals surface area contributed by atoms with Crippen LogP contribution < -0.4 is 0 Å². The molecule has 0 atom stereocenters. The fourth-order valence-corrected chi connectivity index (χ4v) is 4.68. The number of Topliss-reactive ketones (excluding diaryl/α,β-unsaturated/α-hetero) is 1. The Morgan fingerprint density at radius 1 is 0.967 bits per heavy atom. The lowest BCUT2D eigenvalue weighted by Crippen LogP contribution is -2.40. The average Bonchev–Trinajstić information content (AvgIpc) is 2.74. The molecule has 0 aliphatic carbocycles. The predicted molar refractivity (Wildman–Crippen MR) is 111 cm³/mol. The van der Waals surface area contributed by atoms with E-state index in [1.807, 2.05) is 26.0 Å². The van der Waals surface area contributed by atoms with E-state index in [4.69, 9.17) is 9.47 Å². The topological polar surface area (TPSA) is 90.0 Å². The van der Waals surface area contributed by atoms with Crippen molar-refractivity contribution >= 4 is 21.8 Å². The van der Waals surface area contributed by atoms with Gasteiger partial charge in [0.05, 0.1) is 23.7 Å². The molecule has 3 rings (SSSR count). The van der Waals surface area contributed by atoms with Crippen molar-refractivity contribution in [2.45, 2.75) is 25.7 Å². The highest BCUT2D eigenvalue weighted by molar-refractivity contribution is 7.89. The molecule has 1 aliphatic heterocycles. The minimum Gasteiger partial charge on any atom is -0.454 e. The Balaban J connectivity index is 1.77. The van der Waals surface area contributed by atoms with Gasteiger partial charge >= 0.3 is 5.97 Å². The van der Waals surface area contributed by atoms with Gasteiger partial charge in [0.2, 0.25) is 15.8 Å². The molecule has 0 unspecified atom stereocenters. The van der Waals surface area contributed by atoms with Crippen LogP contribution in [-0.4, -0.2) is 57.4 Å². The van der Waals surface area contributed by atoms with Crippen molar-refractivity contribution in [2.75, 3.05) is 32.9 Å². The number of hydrogen-bond donors (Lipinski definition) is 0. The summed E-state index contributed by atoms with van der Waals surface area (Å²) in [5.41, 5.74) is 2.94. The Morgan fingerprint density at radius 3 is 2.30 bits per heavy atom. The minimum absolute atomic E-state index is 0.0165. The number of nitrogens with zero attached hydrogens (tertiary/aromatic N) is 1. The maximum absolute atomic E-state index is 12.9. The molecular formula is C22H25NO6S.